The molecule has 0 N–H and O–H groups in total. The zero-order valence-corrected chi connectivity index (χ0v) is 44.0. The van der Waals surface area contributed by atoms with Gasteiger partial charge < -0.3 is 0 Å². The third-order valence-electron chi connectivity index (χ3n) is 16.0. The normalized spacial score (nSPS) is 16.0. The maximum atomic E-state index is 2.86. The molecular formula is C66H58SiZr. The van der Waals surface area contributed by atoms with Crippen molar-refractivity contribution in [2.75, 3.05) is 0 Å². The molecule has 68 heavy (non-hydrogen) atoms. The van der Waals surface area contributed by atoms with E-state index in [1.807, 2.05) is 0 Å². The average molecular weight is 970 g/mol. The first kappa shape index (κ1) is 43.1. The minimum atomic E-state index is -4.43. The molecule has 0 saturated heterocycles. The summed E-state index contributed by atoms with van der Waals surface area (Å²) in [6.07, 6.45) is 5.38. The van der Waals surface area contributed by atoms with Crippen molar-refractivity contribution < 1.29 is 17.4 Å². The Morgan fingerprint density at radius 1 is 0.324 bits per heavy atom. The Hall–Kier alpha value is -6.18. The van der Waals surface area contributed by atoms with Gasteiger partial charge in [-0.2, -0.15) is 0 Å². The number of benzene rings is 10. The van der Waals surface area contributed by atoms with Gasteiger partial charge in [0.1, 0.15) is 0 Å². The van der Waals surface area contributed by atoms with Crippen LogP contribution in [0.2, 0.25) is 9.26 Å². The van der Waals surface area contributed by atoms with Gasteiger partial charge >= 0.3 is 408 Å². The average Bonchev–Trinajstić information content (AvgIpc) is 3.99. The van der Waals surface area contributed by atoms with Crippen LogP contribution in [0.3, 0.4) is 0 Å². The van der Waals surface area contributed by atoms with Gasteiger partial charge in [-0.1, -0.05) is 0 Å². The van der Waals surface area contributed by atoms with Crippen LogP contribution < -0.4 is 0 Å². The first-order valence-electron chi connectivity index (χ1n) is 24.7. The molecule has 0 aromatic heterocycles. The SMILES string of the molecule is CC(C)C1=Cc2c(-c3cccc4ccccc34)ccc(-c3cccc4ccccc34)c2[CH]1[Zr]([CH3])([CH3])(=[SiH2])[CH]1C(C(C)C)=Cc2c(-c3cccc4ccccc34)ccc(-c3cccc4ccccc34)c21. The summed E-state index contributed by atoms with van der Waals surface area (Å²) in [6.45, 7) is 12.4. The fraction of sp³-hybridized carbons (Fsp3) is 0.152. The second kappa shape index (κ2) is 16.2. The van der Waals surface area contributed by atoms with Gasteiger partial charge in [0.05, 0.1) is 0 Å². The zero-order chi connectivity index (χ0) is 46.5. The quantitative estimate of drug-likeness (QED) is 0.133. The molecule has 0 bridgehead atoms. The third-order valence-corrected chi connectivity index (χ3v) is 33.2. The van der Waals surface area contributed by atoms with Gasteiger partial charge in [-0.15, -0.1) is 0 Å². The van der Waals surface area contributed by atoms with Gasteiger partial charge in [-0.25, -0.2) is 0 Å². The molecule has 2 atom stereocenters. The summed E-state index contributed by atoms with van der Waals surface area (Å²) in [4.78, 5) is 0. The molecular weight excluding hydrogens is 912 g/mol. The second-order valence-corrected chi connectivity index (χ2v) is 52.0. The van der Waals surface area contributed by atoms with Crippen molar-refractivity contribution in [2.24, 2.45) is 11.8 Å². The first-order valence-corrected chi connectivity index (χ1v) is 38.4. The fourth-order valence-corrected chi connectivity index (χ4v) is 32.7. The summed E-state index contributed by atoms with van der Waals surface area (Å²) < 4.78 is 6.29. The molecule has 2 heteroatoms. The maximum absolute atomic E-state index is 4.43. The van der Waals surface area contributed by atoms with E-state index < -0.39 is 17.4 Å². The molecule has 2 unspecified atom stereocenters. The number of allylic oxidation sites excluding steroid dienone is 2. The zero-order valence-electron chi connectivity index (χ0n) is 40.1. The van der Waals surface area contributed by atoms with Crippen molar-refractivity contribution in [1.82, 2.24) is 0 Å². The van der Waals surface area contributed by atoms with Gasteiger partial charge in [-0.3, -0.25) is 0 Å². The Bertz CT molecular complexity index is 3590. The molecule has 0 spiro atoms. The van der Waals surface area contributed by atoms with E-state index in [9.17, 15) is 0 Å². The van der Waals surface area contributed by atoms with Gasteiger partial charge in [0.15, 0.2) is 0 Å². The molecule has 2 aliphatic carbocycles. The van der Waals surface area contributed by atoms with Crippen molar-refractivity contribution in [3.05, 3.63) is 228 Å². The predicted molar refractivity (Wildman–Crippen MR) is 296 cm³/mol. The summed E-state index contributed by atoms with van der Waals surface area (Å²) in [7, 11) is 0. The summed E-state index contributed by atoms with van der Waals surface area (Å²) in [6, 6.07) is 73.6. The third kappa shape index (κ3) is 6.70. The number of hydrogen-bond acceptors (Lipinski definition) is 0. The summed E-state index contributed by atoms with van der Waals surface area (Å²) in [5.74, 6) is 0.718. The molecule has 0 nitrogen and oxygen atoms in total. The van der Waals surface area contributed by atoms with Crippen LogP contribution in [0.1, 0.15) is 57.2 Å². The van der Waals surface area contributed by atoms with Gasteiger partial charge in [0.25, 0.3) is 0 Å². The molecule has 0 aliphatic heterocycles. The molecule has 330 valence electrons. The Morgan fingerprint density at radius 3 is 0.897 bits per heavy atom. The monoisotopic (exact) mass is 968 g/mol. The van der Waals surface area contributed by atoms with Crippen molar-refractivity contribution in [1.29, 1.82) is 0 Å². The molecule has 2 aliphatic rings. The molecule has 12 rings (SSSR count). The fourth-order valence-electron chi connectivity index (χ4n) is 13.0. The van der Waals surface area contributed by atoms with Crippen LogP contribution in [-0.4, -0.2) is 6.88 Å². The number of hydrogen-bond donors (Lipinski definition) is 0. The van der Waals surface area contributed by atoms with Crippen LogP contribution in [0, 0.1) is 11.8 Å². The van der Waals surface area contributed by atoms with Crippen LogP contribution in [0.25, 0.3) is 99.7 Å². The molecule has 0 heterocycles. The van der Waals surface area contributed by atoms with Crippen LogP contribution in [0.15, 0.2) is 205 Å². The van der Waals surface area contributed by atoms with Gasteiger partial charge in [-0.05, 0) is 0 Å². The topological polar surface area (TPSA) is 0 Å². The molecule has 10 aromatic carbocycles. The Balaban J connectivity index is 1.19. The van der Waals surface area contributed by atoms with Crippen molar-refractivity contribution >= 4 is 62.1 Å². The van der Waals surface area contributed by atoms with E-state index in [0.29, 0.717) is 11.8 Å². The van der Waals surface area contributed by atoms with Crippen LogP contribution >= 0.6 is 0 Å². The summed E-state index contributed by atoms with van der Waals surface area (Å²) >= 11 is -4.43. The van der Waals surface area contributed by atoms with E-state index in [1.54, 1.807) is 22.3 Å². The van der Waals surface area contributed by atoms with E-state index in [1.165, 1.54) is 98.7 Å². The molecule has 10 aromatic rings. The Morgan fingerprint density at radius 2 is 0.588 bits per heavy atom. The van der Waals surface area contributed by atoms with Crippen molar-refractivity contribution in [3.63, 3.8) is 0 Å². The standard InChI is InChI=1S/2C32H25.2CH3.H2Si.Zr/c2*1-21(2)24-19-31-29(27-15-7-11-22-9-3-5-13-25(22)27)17-18-30(32(31)20-24)28-16-8-12-23-10-4-6-14-26(23)28;;;;/h2*3-21H,1-2H3;2*1H3;1H2;. The van der Waals surface area contributed by atoms with Crippen LogP contribution in [-0.2, 0) is 17.4 Å². The molecule has 0 fully saturated rings. The van der Waals surface area contributed by atoms with Crippen LogP contribution in [0.5, 0.6) is 0 Å². The number of fused-ring (bicyclic) bond motifs is 6. The molecule has 0 amide bonds. The molecule has 0 radical (unpaired) electrons. The first-order chi connectivity index (χ1) is 33.0. The predicted octanol–water partition coefficient (Wildman–Crippen LogP) is 18.2. The Kier molecular flexibility index (Phi) is 10.3. The Labute approximate surface area is 404 Å². The van der Waals surface area contributed by atoms with E-state index >= 15 is 0 Å². The summed E-state index contributed by atoms with van der Waals surface area (Å²) in [5, 5.41) is 10.4. The van der Waals surface area contributed by atoms with Crippen molar-refractivity contribution in [3.8, 4) is 44.5 Å². The second-order valence-electron chi connectivity index (χ2n) is 21.5. The summed E-state index contributed by atoms with van der Waals surface area (Å²) in [5.41, 5.74) is 19.9. The van der Waals surface area contributed by atoms with Gasteiger partial charge in [0, 0.05) is 0 Å². The minimum absolute atomic E-state index is 0.286. The molecule has 0 saturated carbocycles. The van der Waals surface area contributed by atoms with Gasteiger partial charge in [0.2, 0.25) is 0 Å². The van der Waals surface area contributed by atoms with E-state index in [0.717, 1.165) is 0 Å². The van der Waals surface area contributed by atoms with E-state index in [2.05, 4.69) is 250 Å². The number of rotatable bonds is 8. The van der Waals surface area contributed by atoms with E-state index in [-0.39, 0.29) is 7.25 Å². The van der Waals surface area contributed by atoms with E-state index in [4.69, 9.17) is 0 Å². The van der Waals surface area contributed by atoms with Crippen LogP contribution in [0.4, 0.5) is 0 Å². The van der Waals surface area contributed by atoms with Crippen molar-refractivity contribution in [2.45, 2.75) is 44.2 Å².